The van der Waals surface area contributed by atoms with E-state index in [0.717, 1.165) is 18.3 Å². The van der Waals surface area contributed by atoms with Gasteiger partial charge < -0.3 is 4.74 Å². The molecule has 0 aliphatic carbocycles. The number of hydrogen-bond donors (Lipinski definition) is 0. The Bertz CT molecular complexity index is 699. The van der Waals surface area contributed by atoms with Crippen molar-refractivity contribution in [3.05, 3.63) is 66.0 Å². The van der Waals surface area contributed by atoms with Crippen LogP contribution in [0.15, 0.2) is 37.3 Å². The molecule has 2 heterocycles. The van der Waals surface area contributed by atoms with Crippen LogP contribution in [-0.2, 0) is 10.3 Å². The second-order valence-corrected chi connectivity index (χ2v) is 4.44. The molecule has 1 atom stereocenters. The molecule has 1 saturated heterocycles. The molecule has 3 nitrogen and oxygen atoms in total. The van der Waals surface area contributed by atoms with Crippen LogP contribution >= 0.6 is 0 Å². The van der Waals surface area contributed by atoms with Crippen molar-refractivity contribution in [2.24, 2.45) is 0 Å². The number of epoxide rings is 1. The maximum Gasteiger partial charge on any atom is 0.167 e. The second-order valence-electron chi connectivity index (χ2n) is 4.44. The van der Waals surface area contributed by atoms with Crippen LogP contribution in [0.1, 0.15) is 11.3 Å². The molecule has 0 N–H and O–H groups in total. The first kappa shape index (κ1) is 12.8. The zero-order valence-electron chi connectivity index (χ0n) is 10.2. The van der Waals surface area contributed by atoms with Crippen LogP contribution in [0.2, 0.25) is 0 Å². The highest BCUT2D eigenvalue weighted by molar-refractivity contribution is 5.72. The lowest BCUT2D eigenvalue weighted by Crippen LogP contribution is -2.15. The fourth-order valence-corrected chi connectivity index (χ4v) is 2.11. The molecule has 2 aromatic rings. The van der Waals surface area contributed by atoms with Gasteiger partial charge >= 0.3 is 0 Å². The maximum absolute atomic E-state index is 13.9. The quantitative estimate of drug-likeness (QED) is 0.810. The molecular formula is C14H9F3N2O. The van der Waals surface area contributed by atoms with Gasteiger partial charge in [-0.1, -0.05) is 6.58 Å². The Labute approximate surface area is 112 Å². The topological polar surface area (TPSA) is 38.3 Å². The molecule has 1 fully saturated rings. The van der Waals surface area contributed by atoms with Crippen molar-refractivity contribution in [2.45, 2.75) is 5.60 Å². The first-order valence-electron chi connectivity index (χ1n) is 5.79. The number of rotatable bonds is 3. The summed E-state index contributed by atoms with van der Waals surface area (Å²) >= 11 is 0. The van der Waals surface area contributed by atoms with E-state index >= 15 is 0 Å². The SMILES string of the molecule is C=C(c1ncncc1F)[C@@]1(c2ccc(F)cc2F)CO1. The summed E-state index contributed by atoms with van der Waals surface area (Å²) < 4.78 is 45.8. The van der Waals surface area contributed by atoms with E-state index in [0.29, 0.717) is 0 Å². The molecule has 6 heteroatoms. The van der Waals surface area contributed by atoms with Crippen molar-refractivity contribution < 1.29 is 17.9 Å². The molecule has 0 unspecified atom stereocenters. The highest BCUT2D eigenvalue weighted by Gasteiger charge is 2.52. The normalized spacial score (nSPS) is 20.8. The van der Waals surface area contributed by atoms with Gasteiger partial charge in [-0.25, -0.2) is 23.1 Å². The Morgan fingerprint density at radius 2 is 2.00 bits per heavy atom. The van der Waals surface area contributed by atoms with Crippen LogP contribution < -0.4 is 0 Å². The minimum absolute atomic E-state index is 0.0405. The van der Waals surface area contributed by atoms with Gasteiger partial charge in [0.15, 0.2) is 5.82 Å². The summed E-state index contributed by atoms with van der Waals surface area (Å²) in [6.07, 6.45) is 2.16. The highest BCUT2D eigenvalue weighted by Crippen LogP contribution is 2.49. The number of halogens is 3. The van der Waals surface area contributed by atoms with E-state index in [2.05, 4.69) is 16.5 Å². The zero-order valence-corrected chi connectivity index (χ0v) is 10.2. The van der Waals surface area contributed by atoms with Gasteiger partial charge in [0, 0.05) is 17.2 Å². The molecule has 0 radical (unpaired) electrons. The van der Waals surface area contributed by atoms with Crippen molar-refractivity contribution in [3.8, 4) is 0 Å². The molecule has 1 aliphatic rings. The summed E-state index contributed by atoms with van der Waals surface area (Å²) in [5, 5.41) is 0. The summed E-state index contributed by atoms with van der Waals surface area (Å²) in [5.74, 6) is -2.13. The highest BCUT2D eigenvalue weighted by atomic mass is 19.1. The molecule has 1 aromatic heterocycles. The smallest absolute Gasteiger partial charge is 0.167 e. The van der Waals surface area contributed by atoms with Crippen LogP contribution in [0.4, 0.5) is 13.2 Å². The number of aromatic nitrogens is 2. The number of benzene rings is 1. The first-order valence-corrected chi connectivity index (χ1v) is 5.79. The van der Waals surface area contributed by atoms with Gasteiger partial charge in [-0.15, -0.1) is 0 Å². The van der Waals surface area contributed by atoms with Gasteiger partial charge in [-0.3, -0.25) is 0 Å². The largest absolute Gasteiger partial charge is 0.359 e. The molecule has 0 bridgehead atoms. The molecule has 3 rings (SSSR count). The molecule has 1 aromatic carbocycles. The van der Waals surface area contributed by atoms with E-state index < -0.39 is 23.1 Å². The average Bonchev–Trinajstić information content (AvgIpc) is 3.20. The molecular weight excluding hydrogens is 269 g/mol. The van der Waals surface area contributed by atoms with Gasteiger partial charge in [0.05, 0.1) is 12.8 Å². The monoisotopic (exact) mass is 278 g/mol. The Morgan fingerprint density at radius 1 is 1.25 bits per heavy atom. The third-order valence-electron chi connectivity index (χ3n) is 3.24. The van der Waals surface area contributed by atoms with E-state index in [4.69, 9.17) is 4.74 Å². The fraction of sp³-hybridized carbons (Fsp3) is 0.143. The summed E-state index contributed by atoms with van der Waals surface area (Å²) in [5.41, 5.74) is -0.932. The van der Waals surface area contributed by atoms with Gasteiger partial charge in [0.1, 0.15) is 29.3 Å². The van der Waals surface area contributed by atoms with Gasteiger partial charge in [-0.05, 0) is 12.1 Å². The Morgan fingerprint density at radius 3 is 2.60 bits per heavy atom. The maximum atomic E-state index is 13.9. The van der Waals surface area contributed by atoms with Crippen molar-refractivity contribution >= 4 is 5.57 Å². The van der Waals surface area contributed by atoms with Crippen LogP contribution in [-0.4, -0.2) is 16.6 Å². The molecule has 0 spiro atoms. The summed E-state index contributed by atoms with van der Waals surface area (Å²) in [7, 11) is 0. The number of ether oxygens (including phenoxy) is 1. The van der Waals surface area contributed by atoms with Crippen molar-refractivity contribution in [1.82, 2.24) is 9.97 Å². The van der Waals surface area contributed by atoms with Crippen molar-refractivity contribution in [3.63, 3.8) is 0 Å². The van der Waals surface area contributed by atoms with Crippen LogP contribution in [0, 0.1) is 17.5 Å². The Kier molecular flexibility index (Phi) is 2.83. The van der Waals surface area contributed by atoms with E-state index in [1.165, 1.54) is 12.4 Å². The third kappa shape index (κ3) is 1.89. The van der Waals surface area contributed by atoms with Crippen LogP contribution in [0.25, 0.3) is 5.57 Å². The second kappa shape index (κ2) is 4.42. The lowest BCUT2D eigenvalue weighted by molar-refractivity contribution is 0.355. The predicted octanol–water partition coefficient (Wildman–Crippen LogP) is 2.83. The lowest BCUT2D eigenvalue weighted by Gasteiger charge is -2.16. The molecule has 20 heavy (non-hydrogen) atoms. The number of hydrogen-bond acceptors (Lipinski definition) is 3. The van der Waals surface area contributed by atoms with Gasteiger partial charge in [-0.2, -0.15) is 0 Å². The number of nitrogens with zero attached hydrogens (tertiary/aromatic N) is 2. The minimum atomic E-state index is -1.19. The van der Waals surface area contributed by atoms with Crippen molar-refractivity contribution in [1.29, 1.82) is 0 Å². The molecule has 0 amide bonds. The first-order chi connectivity index (χ1) is 9.54. The van der Waals surface area contributed by atoms with E-state index in [9.17, 15) is 13.2 Å². The molecule has 0 saturated carbocycles. The van der Waals surface area contributed by atoms with Crippen molar-refractivity contribution in [2.75, 3.05) is 6.61 Å². The Hall–Kier alpha value is -2.21. The van der Waals surface area contributed by atoms with E-state index in [1.54, 1.807) is 0 Å². The minimum Gasteiger partial charge on any atom is -0.359 e. The Balaban J connectivity index is 2.05. The third-order valence-corrected chi connectivity index (χ3v) is 3.24. The van der Waals surface area contributed by atoms with Crippen LogP contribution in [0.5, 0.6) is 0 Å². The summed E-state index contributed by atoms with van der Waals surface area (Å²) in [4.78, 5) is 7.34. The summed E-state index contributed by atoms with van der Waals surface area (Å²) in [6.45, 7) is 3.88. The van der Waals surface area contributed by atoms with Crippen LogP contribution in [0.3, 0.4) is 0 Å². The van der Waals surface area contributed by atoms with E-state index in [-0.39, 0.29) is 23.4 Å². The predicted molar refractivity (Wildman–Crippen MR) is 65.0 cm³/mol. The van der Waals surface area contributed by atoms with Gasteiger partial charge in [0.25, 0.3) is 0 Å². The average molecular weight is 278 g/mol. The van der Waals surface area contributed by atoms with Gasteiger partial charge in [0.2, 0.25) is 0 Å². The fourth-order valence-electron chi connectivity index (χ4n) is 2.11. The lowest BCUT2D eigenvalue weighted by atomic mass is 9.90. The summed E-state index contributed by atoms with van der Waals surface area (Å²) in [6, 6.07) is 3.13. The standard InChI is InChI=1S/C14H9F3N2O/c1-8(13-12(17)5-18-7-19-13)14(6-20-14)10-3-2-9(15)4-11(10)16/h2-5,7H,1,6H2/t14-/m1/s1. The van der Waals surface area contributed by atoms with E-state index in [1.807, 2.05) is 0 Å². The zero-order chi connectivity index (χ0) is 14.3. The molecule has 1 aliphatic heterocycles. The molecule has 102 valence electrons.